The first-order valence-electron chi connectivity index (χ1n) is 8.34. The van der Waals surface area contributed by atoms with Crippen molar-refractivity contribution in [2.75, 3.05) is 4.90 Å². The van der Waals surface area contributed by atoms with Gasteiger partial charge in [0.15, 0.2) is 0 Å². The molecular formula is C20H21NO. The van der Waals surface area contributed by atoms with E-state index in [1.54, 1.807) is 0 Å². The van der Waals surface area contributed by atoms with E-state index in [9.17, 15) is 4.79 Å². The molecule has 112 valence electrons. The van der Waals surface area contributed by atoms with E-state index in [-0.39, 0.29) is 5.91 Å². The molecule has 2 aliphatic rings. The second kappa shape index (κ2) is 5.60. The first kappa shape index (κ1) is 13.6. The highest BCUT2D eigenvalue weighted by atomic mass is 16.2. The largest absolute Gasteiger partial charge is 0.308 e. The average molecular weight is 291 g/mol. The van der Waals surface area contributed by atoms with Crippen LogP contribution < -0.4 is 4.90 Å². The van der Waals surface area contributed by atoms with Crippen molar-refractivity contribution in [3.63, 3.8) is 0 Å². The van der Waals surface area contributed by atoms with Gasteiger partial charge in [-0.05, 0) is 30.0 Å². The fourth-order valence-corrected chi connectivity index (χ4v) is 3.97. The minimum atomic E-state index is 0.254. The average Bonchev–Trinajstić information content (AvgIpc) is 2.69. The van der Waals surface area contributed by atoms with E-state index in [0.717, 1.165) is 24.1 Å². The Morgan fingerprint density at radius 2 is 1.50 bits per heavy atom. The van der Waals surface area contributed by atoms with Crippen molar-refractivity contribution in [2.45, 2.75) is 44.6 Å². The van der Waals surface area contributed by atoms with E-state index < -0.39 is 0 Å². The van der Waals surface area contributed by atoms with Crippen LogP contribution in [-0.4, -0.2) is 11.9 Å². The summed E-state index contributed by atoms with van der Waals surface area (Å²) in [5.74, 6) is 0.254. The van der Waals surface area contributed by atoms with Crippen molar-refractivity contribution in [2.24, 2.45) is 0 Å². The second-order valence-corrected chi connectivity index (χ2v) is 6.41. The molecule has 1 amide bonds. The Labute approximate surface area is 131 Å². The SMILES string of the molecule is O=C1Cc2ccccc2-c2ccccc2N1C1CCCCC1. The highest BCUT2D eigenvalue weighted by Crippen LogP contribution is 2.39. The maximum absolute atomic E-state index is 13.0. The number of para-hydroxylation sites is 1. The lowest BCUT2D eigenvalue weighted by Crippen LogP contribution is -2.42. The topological polar surface area (TPSA) is 20.3 Å². The number of nitrogens with zero attached hydrogens (tertiary/aromatic N) is 1. The number of rotatable bonds is 1. The van der Waals surface area contributed by atoms with Crippen LogP contribution in [0.5, 0.6) is 0 Å². The normalized spacial score (nSPS) is 18.5. The van der Waals surface area contributed by atoms with Gasteiger partial charge in [0.1, 0.15) is 0 Å². The smallest absolute Gasteiger partial charge is 0.231 e. The number of benzene rings is 2. The summed E-state index contributed by atoms with van der Waals surface area (Å²) in [6.07, 6.45) is 6.57. The number of fused-ring (bicyclic) bond motifs is 3. The fraction of sp³-hybridized carbons (Fsp3) is 0.350. The van der Waals surface area contributed by atoms with E-state index in [0.29, 0.717) is 12.5 Å². The molecule has 0 saturated heterocycles. The standard InChI is InChI=1S/C20H21NO/c22-20-14-15-8-4-5-11-17(15)18-12-6-7-13-19(18)21(20)16-9-2-1-3-10-16/h4-8,11-13,16H,1-3,9-10,14H2. The first-order chi connectivity index (χ1) is 10.8. The lowest BCUT2D eigenvalue weighted by Gasteiger charge is -2.34. The third kappa shape index (κ3) is 2.23. The van der Waals surface area contributed by atoms with Gasteiger partial charge in [-0.25, -0.2) is 0 Å². The van der Waals surface area contributed by atoms with Crippen LogP contribution in [-0.2, 0) is 11.2 Å². The molecule has 0 spiro atoms. The minimum Gasteiger partial charge on any atom is -0.308 e. The number of carbonyl (C=O) groups is 1. The van der Waals surface area contributed by atoms with Gasteiger partial charge in [-0.2, -0.15) is 0 Å². The van der Waals surface area contributed by atoms with Gasteiger partial charge in [-0.3, -0.25) is 4.79 Å². The van der Waals surface area contributed by atoms with Gasteiger partial charge in [0.05, 0.1) is 12.1 Å². The summed E-state index contributed by atoms with van der Waals surface area (Å²) in [4.78, 5) is 15.1. The minimum absolute atomic E-state index is 0.254. The van der Waals surface area contributed by atoms with E-state index in [4.69, 9.17) is 0 Å². The number of hydrogen-bond donors (Lipinski definition) is 0. The van der Waals surface area contributed by atoms with Crippen LogP contribution in [0, 0.1) is 0 Å². The first-order valence-corrected chi connectivity index (χ1v) is 8.34. The highest BCUT2D eigenvalue weighted by molar-refractivity contribution is 6.03. The predicted octanol–water partition coefficient (Wildman–Crippen LogP) is 4.58. The Balaban J connectivity index is 1.86. The zero-order chi connectivity index (χ0) is 14.9. The molecule has 2 heteroatoms. The number of carbonyl (C=O) groups excluding carboxylic acids is 1. The molecule has 1 aliphatic heterocycles. The zero-order valence-electron chi connectivity index (χ0n) is 12.8. The molecule has 0 N–H and O–H groups in total. The highest BCUT2D eigenvalue weighted by Gasteiger charge is 2.31. The van der Waals surface area contributed by atoms with Gasteiger partial charge in [0.25, 0.3) is 0 Å². The Morgan fingerprint density at radius 3 is 2.32 bits per heavy atom. The fourth-order valence-electron chi connectivity index (χ4n) is 3.97. The van der Waals surface area contributed by atoms with Crippen LogP contribution in [0.25, 0.3) is 11.1 Å². The quantitative estimate of drug-likeness (QED) is 0.753. The third-order valence-electron chi connectivity index (χ3n) is 5.02. The van der Waals surface area contributed by atoms with Crippen LogP contribution in [0.2, 0.25) is 0 Å². The predicted molar refractivity (Wildman–Crippen MR) is 89.9 cm³/mol. The number of amides is 1. The summed E-state index contributed by atoms with van der Waals surface area (Å²) < 4.78 is 0. The van der Waals surface area contributed by atoms with Crippen LogP contribution in [0.15, 0.2) is 48.5 Å². The third-order valence-corrected chi connectivity index (χ3v) is 5.02. The van der Waals surface area contributed by atoms with Gasteiger partial charge in [-0.15, -0.1) is 0 Å². The molecule has 0 bridgehead atoms. The van der Waals surface area contributed by atoms with Crippen molar-refractivity contribution < 1.29 is 4.79 Å². The van der Waals surface area contributed by atoms with Gasteiger partial charge >= 0.3 is 0 Å². The molecule has 0 atom stereocenters. The van der Waals surface area contributed by atoms with E-state index in [1.165, 1.54) is 30.4 Å². The van der Waals surface area contributed by atoms with Crippen LogP contribution in [0.1, 0.15) is 37.7 Å². The van der Waals surface area contributed by atoms with E-state index in [2.05, 4.69) is 47.4 Å². The molecule has 2 nitrogen and oxygen atoms in total. The van der Waals surface area contributed by atoms with Gasteiger partial charge in [0, 0.05) is 11.6 Å². The Kier molecular flexibility index (Phi) is 3.45. The van der Waals surface area contributed by atoms with Gasteiger partial charge in [0.2, 0.25) is 5.91 Å². The molecular weight excluding hydrogens is 270 g/mol. The maximum atomic E-state index is 13.0. The van der Waals surface area contributed by atoms with Crippen molar-refractivity contribution in [1.82, 2.24) is 0 Å². The molecule has 2 aromatic carbocycles. The van der Waals surface area contributed by atoms with E-state index >= 15 is 0 Å². The summed E-state index contributed by atoms with van der Waals surface area (Å²) in [6.45, 7) is 0. The molecule has 1 aliphatic carbocycles. The Bertz CT molecular complexity index is 700. The van der Waals surface area contributed by atoms with Crippen molar-refractivity contribution in [3.05, 3.63) is 54.1 Å². The molecule has 1 heterocycles. The molecule has 4 rings (SSSR count). The van der Waals surface area contributed by atoms with Gasteiger partial charge < -0.3 is 4.90 Å². The molecule has 2 aromatic rings. The van der Waals surface area contributed by atoms with E-state index in [1.807, 2.05) is 6.07 Å². The van der Waals surface area contributed by atoms with Crippen LogP contribution in [0.3, 0.4) is 0 Å². The monoisotopic (exact) mass is 291 g/mol. The molecule has 1 fully saturated rings. The molecule has 22 heavy (non-hydrogen) atoms. The molecule has 0 radical (unpaired) electrons. The van der Waals surface area contributed by atoms with Crippen molar-refractivity contribution in [1.29, 1.82) is 0 Å². The summed E-state index contributed by atoms with van der Waals surface area (Å²) in [5.41, 5.74) is 4.67. The maximum Gasteiger partial charge on any atom is 0.231 e. The molecule has 0 unspecified atom stereocenters. The Hall–Kier alpha value is -2.09. The van der Waals surface area contributed by atoms with Crippen LogP contribution in [0.4, 0.5) is 5.69 Å². The lowest BCUT2D eigenvalue weighted by atomic mass is 9.93. The number of hydrogen-bond acceptors (Lipinski definition) is 1. The summed E-state index contributed by atoms with van der Waals surface area (Å²) in [5, 5.41) is 0. The number of anilines is 1. The zero-order valence-corrected chi connectivity index (χ0v) is 12.8. The second-order valence-electron chi connectivity index (χ2n) is 6.41. The van der Waals surface area contributed by atoms with Crippen molar-refractivity contribution >= 4 is 11.6 Å². The summed E-state index contributed by atoms with van der Waals surface area (Å²) in [6, 6.07) is 17.1. The van der Waals surface area contributed by atoms with Crippen molar-refractivity contribution in [3.8, 4) is 11.1 Å². The summed E-state index contributed by atoms with van der Waals surface area (Å²) in [7, 11) is 0. The van der Waals surface area contributed by atoms with Crippen LogP contribution >= 0.6 is 0 Å². The van der Waals surface area contributed by atoms with Gasteiger partial charge in [-0.1, -0.05) is 61.7 Å². The summed E-state index contributed by atoms with van der Waals surface area (Å²) >= 11 is 0. The lowest BCUT2D eigenvalue weighted by molar-refractivity contribution is -0.118. The molecule has 1 saturated carbocycles. The molecule has 0 aromatic heterocycles. The Morgan fingerprint density at radius 1 is 0.818 bits per heavy atom.